The molecular formula is C14H16N2O6S2. The Morgan fingerprint density at radius 3 is 2.08 bits per heavy atom. The third-order valence-electron chi connectivity index (χ3n) is 3.36. The monoisotopic (exact) mass is 372 g/mol. The summed E-state index contributed by atoms with van der Waals surface area (Å²) < 4.78 is 65.4. The van der Waals surface area contributed by atoms with Crippen molar-refractivity contribution in [3.63, 3.8) is 0 Å². The lowest BCUT2D eigenvalue weighted by Gasteiger charge is -2.33. The van der Waals surface area contributed by atoms with Crippen LogP contribution in [0.3, 0.4) is 0 Å². The van der Waals surface area contributed by atoms with Crippen LogP contribution in [0.25, 0.3) is 6.08 Å². The van der Waals surface area contributed by atoms with Crippen molar-refractivity contribution < 1.29 is 25.9 Å². The van der Waals surface area contributed by atoms with Crippen molar-refractivity contribution >= 4 is 26.3 Å². The minimum atomic E-state index is -5.01. The summed E-state index contributed by atoms with van der Waals surface area (Å²) in [4.78, 5) is -0.982. The molecule has 10 heteroatoms. The van der Waals surface area contributed by atoms with Gasteiger partial charge >= 0.3 is 0 Å². The molecule has 130 valence electrons. The number of hydrogen-bond donors (Lipinski definition) is 4. The van der Waals surface area contributed by atoms with Crippen LogP contribution in [-0.4, -0.2) is 36.9 Å². The van der Waals surface area contributed by atoms with E-state index in [1.54, 1.807) is 30.3 Å². The van der Waals surface area contributed by atoms with Crippen molar-refractivity contribution in [2.75, 3.05) is 0 Å². The largest absolute Gasteiger partial charge is 0.309 e. The summed E-state index contributed by atoms with van der Waals surface area (Å²) in [7, 11) is -10.0. The smallest absolute Gasteiger partial charge is 0.292 e. The van der Waals surface area contributed by atoms with E-state index in [4.69, 9.17) is 11.5 Å². The fourth-order valence-electron chi connectivity index (χ4n) is 2.35. The van der Waals surface area contributed by atoms with Crippen LogP contribution >= 0.6 is 0 Å². The maximum Gasteiger partial charge on any atom is 0.292 e. The van der Waals surface area contributed by atoms with Gasteiger partial charge in [-0.05, 0) is 17.2 Å². The minimum absolute atomic E-state index is 0.157. The van der Waals surface area contributed by atoms with Crippen LogP contribution in [0, 0.1) is 0 Å². The van der Waals surface area contributed by atoms with Gasteiger partial charge in [-0.3, -0.25) is 9.11 Å². The molecule has 2 rings (SSSR count). The Kier molecular flexibility index (Phi) is 4.81. The molecular weight excluding hydrogens is 356 g/mol. The van der Waals surface area contributed by atoms with E-state index in [2.05, 4.69) is 0 Å². The van der Waals surface area contributed by atoms with E-state index < -0.39 is 36.1 Å². The highest BCUT2D eigenvalue weighted by molar-refractivity contribution is 7.93. The number of nitrogens with two attached hydrogens (primary N) is 2. The predicted octanol–water partition coefficient (Wildman–Crippen LogP) is 0.282. The van der Waals surface area contributed by atoms with Gasteiger partial charge in [-0.1, -0.05) is 48.6 Å². The minimum Gasteiger partial charge on any atom is -0.309 e. The number of hydrogen-bond acceptors (Lipinski definition) is 6. The third kappa shape index (κ3) is 3.98. The molecule has 0 fully saturated rings. The molecule has 1 aromatic rings. The highest BCUT2D eigenvalue weighted by atomic mass is 32.2. The molecule has 1 aromatic carbocycles. The normalized spacial score (nSPS) is 21.4. The van der Waals surface area contributed by atoms with Crippen molar-refractivity contribution in [2.24, 2.45) is 11.5 Å². The van der Waals surface area contributed by atoms with Gasteiger partial charge in [0.25, 0.3) is 20.2 Å². The van der Waals surface area contributed by atoms with Crippen LogP contribution in [0.1, 0.15) is 5.56 Å². The molecule has 0 aromatic heterocycles. The Labute approximate surface area is 139 Å². The Morgan fingerprint density at radius 2 is 1.58 bits per heavy atom. The van der Waals surface area contributed by atoms with Crippen molar-refractivity contribution in [3.8, 4) is 0 Å². The molecule has 1 atom stereocenters. The Balaban J connectivity index is 2.67. The van der Waals surface area contributed by atoms with Gasteiger partial charge in [-0.15, -0.1) is 0 Å². The van der Waals surface area contributed by atoms with E-state index in [1.807, 2.05) is 0 Å². The molecule has 6 N–H and O–H groups in total. The van der Waals surface area contributed by atoms with Crippen LogP contribution in [-0.2, 0) is 20.2 Å². The second kappa shape index (κ2) is 6.24. The second-order valence-corrected chi connectivity index (χ2v) is 8.16. The molecule has 8 nitrogen and oxygen atoms in total. The summed E-state index contributed by atoms with van der Waals surface area (Å²) in [5.74, 6) is 0. The van der Waals surface area contributed by atoms with Gasteiger partial charge in [0.05, 0.1) is 0 Å². The first kappa shape index (κ1) is 18.5. The fourth-order valence-corrected chi connectivity index (χ4v) is 4.99. The number of allylic oxidation sites excluding steroid dienone is 3. The molecule has 24 heavy (non-hydrogen) atoms. The maximum absolute atomic E-state index is 11.7. The molecule has 0 saturated heterocycles. The SMILES string of the molecule is NC1(N)C=CC(C=Cc2ccccc2)=C(S(=O)(=O)O)C1S(=O)(=O)O. The highest BCUT2D eigenvalue weighted by Crippen LogP contribution is 2.32. The van der Waals surface area contributed by atoms with Gasteiger partial charge in [0.15, 0.2) is 5.25 Å². The predicted molar refractivity (Wildman–Crippen MR) is 89.6 cm³/mol. The zero-order valence-electron chi connectivity index (χ0n) is 12.3. The van der Waals surface area contributed by atoms with Crippen molar-refractivity contribution in [1.82, 2.24) is 0 Å². The van der Waals surface area contributed by atoms with E-state index in [1.165, 1.54) is 18.2 Å². The quantitative estimate of drug-likeness (QED) is 0.433. The third-order valence-corrected chi connectivity index (χ3v) is 5.78. The summed E-state index contributed by atoms with van der Waals surface area (Å²) in [6.07, 6.45) is 5.00. The Morgan fingerprint density at radius 1 is 1.00 bits per heavy atom. The lowest BCUT2D eigenvalue weighted by Crippen LogP contribution is -2.62. The van der Waals surface area contributed by atoms with Gasteiger partial charge in [0.2, 0.25) is 0 Å². The lowest BCUT2D eigenvalue weighted by molar-refractivity contribution is 0.432. The first-order chi connectivity index (χ1) is 10.9. The molecule has 0 saturated carbocycles. The van der Waals surface area contributed by atoms with Crippen molar-refractivity contribution in [2.45, 2.75) is 10.9 Å². The zero-order valence-corrected chi connectivity index (χ0v) is 13.9. The highest BCUT2D eigenvalue weighted by Gasteiger charge is 2.48. The average Bonchev–Trinajstić information content (AvgIpc) is 2.43. The summed E-state index contributed by atoms with van der Waals surface area (Å²) in [5.41, 5.74) is 9.51. The van der Waals surface area contributed by atoms with Crippen LogP contribution in [0.5, 0.6) is 0 Å². The van der Waals surface area contributed by atoms with Crippen LogP contribution in [0.4, 0.5) is 0 Å². The summed E-state index contributed by atoms with van der Waals surface area (Å²) >= 11 is 0. The van der Waals surface area contributed by atoms with Crippen molar-refractivity contribution in [1.29, 1.82) is 0 Å². The van der Waals surface area contributed by atoms with Gasteiger partial charge in [-0.25, -0.2) is 0 Å². The molecule has 1 aliphatic rings. The molecule has 0 aliphatic heterocycles. The maximum atomic E-state index is 11.7. The first-order valence-corrected chi connectivity index (χ1v) is 9.55. The van der Waals surface area contributed by atoms with Gasteiger partial charge in [0, 0.05) is 0 Å². The van der Waals surface area contributed by atoms with Crippen LogP contribution in [0.15, 0.2) is 59.0 Å². The van der Waals surface area contributed by atoms with E-state index in [0.717, 1.165) is 6.08 Å². The molecule has 0 amide bonds. The number of rotatable bonds is 4. The van der Waals surface area contributed by atoms with E-state index in [0.29, 0.717) is 5.56 Å². The topological polar surface area (TPSA) is 161 Å². The van der Waals surface area contributed by atoms with Crippen molar-refractivity contribution in [3.05, 3.63) is 64.6 Å². The summed E-state index contributed by atoms with van der Waals surface area (Å²) in [5, 5.41) is -2.24. The standard InChI is InChI=1S/C14H16N2O6S2/c15-14(16)9-8-11(7-6-10-4-2-1-3-5-10)12(23(17,18)19)13(14)24(20,21)22/h1-9,13H,15-16H2,(H,17,18,19)(H,20,21,22). The van der Waals surface area contributed by atoms with E-state index >= 15 is 0 Å². The zero-order chi connectivity index (χ0) is 18.2. The second-order valence-electron chi connectivity index (χ2n) is 5.27. The molecule has 1 aliphatic carbocycles. The molecule has 1 unspecified atom stereocenters. The average molecular weight is 372 g/mol. The van der Waals surface area contributed by atoms with Crippen LogP contribution < -0.4 is 11.5 Å². The molecule has 0 radical (unpaired) electrons. The van der Waals surface area contributed by atoms with E-state index in [-0.39, 0.29) is 5.57 Å². The lowest BCUT2D eigenvalue weighted by atomic mass is 9.96. The molecule has 0 spiro atoms. The Hall–Kier alpha value is -1.82. The molecule has 0 heterocycles. The number of benzene rings is 1. The summed E-state index contributed by atoms with van der Waals surface area (Å²) in [6, 6.07) is 8.74. The Bertz CT molecular complexity index is 929. The fraction of sp³-hybridized carbons (Fsp3) is 0.143. The van der Waals surface area contributed by atoms with Gasteiger partial charge in [-0.2, -0.15) is 16.8 Å². The first-order valence-electron chi connectivity index (χ1n) is 6.61. The molecule has 0 bridgehead atoms. The van der Waals surface area contributed by atoms with Gasteiger partial charge in [0.1, 0.15) is 10.6 Å². The van der Waals surface area contributed by atoms with Gasteiger partial charge < -0.3 is 11.5 Å². The van der Waals surface area contributed by atoms with E-state index in [9.17, 15) is 25.9 Å². The summed E-state index contributed by atoms with van der Waals surface area (Å²) in [6.45, 7) is 0. The van der Waals surface area contributed by atoms with Crippen LogP contribution in [0.2, 0.25) is 0 Å².